The van der Waals surface area contributed by atoms with E-state index in [1.807, 2.05) is 0 Å². The fourth-order valence-electron chi connectivity index (χ4n) is 3.26. The molecule has 0 unspecified atom stereocenters. The summed E-state index contributed by atoms with van der Waals surface area (Å²) in [6.45, 7) is 1.29. The molecule has 28 heavy (non-hydrogen) atoms. The van der Waals surface area contributed by atoms with Crippen LogP contribution in [0.2, 0.25) is 0 Å². The van der Waals surface area contributed by atoms with E-state index >= 15 is 0 Å². The molecule has 0 aliphatic carbocycles. The number of H-pyrrole nitrogens is 1. The first-order valence-corrected chi connectivity index (χ1v) is 8.71. The predicted octanol–water partition coefficient (Wildman–Crippen LogP) is 2.62. The minimum Gasteiger partial charge on any atom is -0.454 e. The van der Waals surface area contributed by atoms with Crippen molar-refractivity contribution in [2.75, 3.05) is 11.9 Å². The standard InChI is InChI=1S/C21H16N2O5/c1-11-14-8-12(6-7-17(14)23-20(11)26)18(24)10-28-21(27)15-9-19(25)22-16-5-3-2-4-13(15)16/h2-9,11H,10H2,1H3,(H,22,25)(H,23,26)/t11-/m0/s1. The number of hydrogen-bond donors (Lipinski definition) is 2. The molecule has 7 nitrogen and oxygen atoms in total. The van der Waals surface area contributed by atoms with Gasteiger partial charge in [0, 0.05) is 28.2 Å². The molecule has 3 aromatic rings. The second kappa shape index (κ2) is 6.77. The summed E-state index contributed by atoms with van der Waals surface area (Å²) in [7, 11) is 0. The van der Waals surface area contributed by atoms with Gasteiger partial charge in [0.15, 0.2) is 12.4 Å². The molecule has 7 heteroatoms. The van der Waals surface area contributed by atoms with Gasteiger partial charge in [-0.25, -0.2) is 4.79 Å². The quantitative estimate of drug-likeness (QED) is 0.538. The number of nitrogens with one attached hydrogen (secondary N) is 2. The van der Waals surface area contributed by atoms with E-state index in [1.54, 1.807) is 49.4 Å². The van der Waals surface area contributed by atoms with Crippen molar-refractivity contribution < 1.29 is 19.1 Å². The summed E-state index contributed by atoms with van der Waals surface area (Å²) in [6.07, 6.45) is 0. The van der Waals surface area contributed by atoms with Crippen molar-refractivity contribution in [2.45, 2.75) is 12.8 Å². The van der Waals surface area contributed by atoms with Gasteiger partial charge < -0.3 is 15.0 Å². The van der Waals surface area contributed by atoms with Gasteiger partial charge in [0.05, 0.1) is 11.5 Å². The van der Waals surface area contributed by atoms with Gasteiger partial charge in [-0.15, -0.1) is 0 Å². The monoisotopic (exact) mass is 376 g/mol. The molecule has 140 valence electrons. The number of hydrogen-bond acceptors (Lipinski definition) is 5. The third-order valence-corrected chi connectivity index (χ3v) is 4.80. The van der Waals surface area contributed by atoms with E-state index < -0.39 is 23.9 Å². The summed E-state index contributed by atoms with van der Waals surface area (Å²) >= 11 is 0. The van der Waals surface area contributed by atoms with Crippen LogP contribution in [-0.2, 0) is 9.53 Å². The van der Waals surface area contributed by atoms with E-state index in [0.29, 0.717) is 22.2 Å². The number of Topliss-reactive ketones (excluding diaryl/α,β-unsaturated/α-hetero) is 1. The number of amides is 1. The van der Waals surface area contributed by atoms with Crippen molar-refractivity contribution in [1.29, 1.82) is 0 Å². The highest BCUT2D eigenvalue weighted by molar-refractivity contribution is 6.06. The van der Waals surface area contributed by atoms with Crippen molar-refractivity contribution in [3.63, 3.8) is 0 Å². The lowest BCUT2D eigenvalue weighted by molar-refractivity contribution is -0.116. The lowest BCUT2D eigenvalue weighted by atomic mass is 9.99. The molecular weight excluding hydrogens is 360 g/mol. The molecule has 1 amide bonds. The van der Waals surface area contributed by atoms with Gasteiger partial charge >= 0.3 is 5.97 Å². The topological polar surface area (TPSA) is 105 Å². The van der Waals surface area contributed by atoms with Crippen molar-refractivity contribution in [1.82, 2.24) is 4.98 Å². The van der Waals surface area contributed by atoms with E-state index in [4.69, 9.17) is 4.74 Å². The molecule has 4 rings (SSSR count). The number of aromatic amines is 1. The fraction of sp³-hybridized carbons (Fsp3) is 0.143. The molecule has 0 saturated carbocycles. The zero-order chi connectivity index (χ0) is 19.8. The first kappa shape index (κ1) is 17.7. The van der Waals surface area contributed by atoms with Crippen LogP contribution in [0.5, 0.6) is 0 Å². The van der Waals surface area contributed by atoms with Crippen LogP contribution < -0.4 is 10.9 Å². The van der Waals surface area contributed by atoms with Crippen molar-refractivity contribution >= 4 is 34.3 Å². The summed E-state index contributed by atoms with van der Waals surface area (Å²) in [5.41, 5.74) is 1.96. The molecule has 1 aliphatic heterocycles. The van der Waals surface area contributed by atoms with Crippen molar-refractivity contribution in [3.8, 4) is 0 Å². The average molecular weight is 376 g/mol. The second-order valence-corrected chi connectivity index (χ2v) is 6.61. The Balaban J connectivity index is 1.53. The van der Waals surface area contributed by atoms with Crippen LogP contribution in [0, 0.1) is 0 Å². The van der Waals surface area contributed by atoms with Gasteiger partial charge in [0.25, 0.3) is 0 Å². The molecule has 1 atom stereocenters. The Kier molecular flexibility index (Phi) is 4.27. The molecule has 1 aliphatic rings. The second-order valence-electron chi connectivity index (χ2n) is 6.61. The van der Waals surface area contributed by atoms with Crippen LogP contribution in [0.1, 0.15) is 39.1 Å². The number of aromatic nitrogens is 1. The average Bonchev–Trinajstić information content (AvgIpc) is 2.98. The Hall–Kier alpha value is -3.74. The van der Waals surface area contributed by atoms with Gasteiger partial charge in [0.2, 0.25) is 11.5 Å². The van der Waals surface area contributed by atoms with Crippen LogP contribution in [0.15, 0.2) is 53.3 Å². The Morgan fingerprint density at radius 1 is 1.07 bits per heavy atom. The van der Waals surface area contributed by atoms with E-state index in [-0.39, 0.29) is 17.4 Å². The normalized spacial score (nSPS) is 15.2. The van der Waals surface area contributed by atoms with E-state index in [1.165, 1.54) is 0 Å². The SMILES string of the molecule is C[C@@H]1C(=O)Nc2ccc(C(=O)COC(=O)c3cc(=O)[nH]c4ccccc34)cc21. The zero-order valence-electron chi connectivity index (χ0n) is 14.9. The number of fused-ring (bicyclic) bond motifs is 2. The molecule has 0 saturated heterocycles. The Bertz CT molecular complexity index is 1190. The summed E-state index contributed by atoms with van der Waals surface area (Å²) in [5.74, 6) is -1.60. The summed E-state index contributed by atoms with van der Waals surface area (Å²) in [5, 5.41) is 3.28. The van der Waals surface area contributed by atoms with Gasteiger partial charge in [-0.2, -0.15) is 0 Å². The minimum absolute atomic E-state index is 0.101. The molecule has 2 N–H and O–H groups in total. The maximum Gasteiger partial charge on any atom is 0.339 e. The number of ether oxygens (including phenoxy) is 1. The summed E-state index contributed by atoms with van der Waals surface area (Å²) in [6, 6.07) is 12.9. The van der Waals surface area contributed by atoms with E-state index in [2.05, 4.69) is 10.3 Å². The van der Waals surface area contributed by atoms with Gasteiger partial charge in [-0.3, -0.25) is 14.4 Å². The number of benzene rings is 2. The van der Waals surface area contributed by atoms with Gasteiger partial charge in [-0.05, 0) is 36.8 Å². The fourth-order valence-corrected chi connectivity index (χ4v) is 3.26. The lowest BCUT2D eigenvalue weighted by Gasteiger charge is -2.08. The number of rotatable bonds is 4. The molecule has 0 bridgehead atoms. The molecule has 0 spiro atoms. The Morgan fingerprint density at radius 2 is 1.86 bits per heavy atom. The maximum absolute atomic E-state index is 12.4. The van der Waals surface area contributed by atoms with Gasteiger partial charge in [0.1, 0.15) is 0 Å². The van der Waals surface area contributed by atoms with E-state index in [9.17, 15) is 19.2 Å². The van der Waals surface area contributed by atoms with Crippen molar-refractivity contribution in [2.24, 2.45) is 0 Å². The Morgan fingerprint density at radius 3 is 2.68 bits per heavy atom. The van der Waals surface area contributed by atoms with E-state index in [0.717, 1.165) is 11.6 Å². The van der Waals surface area contributed by atoms with Crippen LogP contribution in [0.3, 0.4) is 0 Å². The number of ketones is 1. The maximum atomic E-state index is 12.4. The zero-order valence-corrected chi connectivity index (χ0v) is 14.9. The number of carbonyl (C=O) groups is 3. The summed E-state index contributed by atoms with van der Waals surface area (Å²) in [4.78, 5) is 51.0. The van der Waals surface area contributed by atoms with Crippen LogP contribution in [-0.4, -0.2) is 29.3 Å². The molecule has 2 heterocycles. The summed E-state index contributed by atoms with van der Waals surface area (Å²) < 4.78 is 5.15. The highest BCUT2D eigenvalue weighted by Crippen LogP contribution is 2.32. The molecule has 0 radical (unpaired) electrons. The number of para-hydroxylation sites is 1. The Labute approximate surface area is 159 Å². The number of anilines is 1. The first-order chi connectivity index (χ1) is 13.4. The lowest BCUT2D eigenvalue weighted by Crippen LogP contribution is -2.17. The smallest absolute Gasteiger partial charge is 0.339 e. The van der Waals surface area contributed by atoms with Crippen LogP contribution in [0.4, 0.5) is 5.69 Å². The highest BCUT2D eigenvalue weighted by Gasteiger charge is 2.27. The van der Waals surface area contributed by atoms with Crippen molar-refractivity contribution in [3.05, 3.63) is 75.6 Å². The molecule has 0 fully saturated rings. The minimum atomic E-state index is -0.748. The number of carbonyl (C=O) groups excluding carboxylic acids is 3. The molecule has 2 aromatic carbocycles. The highest BCUT2D eigenvalue weighted by atomic mass is 16.5. The predicted molar refractivity (Wildman–Crippen MR) is 103 cm³/mol. The third kappa shape index (κ3) is 3.07. The van der Waals surface area contributed by atoms with Gasteiger partial charge in [-0.1, -0.05) is 18.2 Å². The first-order valence-electron chi connectivity index (χ1n) is 8.71. The molecular formula is C21H16N2O5. The third-order valence-electron chi connectivity index (χ3n) is 4.80. The van der Waals surface area contributed by atoms with Crippen LogP contribution >= 0.6 is 0 Å². The number of esters is 1. The largest absolute Gasteiger partial charge is 0.454 e. The molecule has 1 aromatic heterocycles. The number of pyridine rings is 1. The van der Waals surface area contributed by atoms with Crippen LogP contribution in [0.25, 0.3) is 10.9 Å².